The van der Waals surface area contributed by atoms with Gasteiger partial charge in [-0.3, -0.25) is 0 Å². The van der Waals surface area contributed by atoms with Crippen LogP contribution in [0.4, 0.5) is 0 Å². The Labute approximate surface area is 107 Å². The third-order valence-electron chi connectivity index (χ3n) is 2.91. The molecule has 2 N–H and O–H groups in total. The average Bonchev–Trinajstić information content (AvgIpc) is 2.70. The Morgan fingerprint density at radius 2 is 1.88 bits per heavy atom. The molecule has 1 heterocycles. The summed E-state index contributed by atoms with van der Waals surface area (Å²) in [6.07, 6.45) is 0. The molecule has 0 aliphatic heterocycles. The summed E-state index contributed by atoms with van der Waals surface area (Å²) in [5.41, 5.74) is 9.21. The molecule has 0 aliphatic carbocycles. The van der Waals surface area contributed by atoms with Crippen molar-refractivity contribution in [2.75, 3.05) is 0 Å². The lowest BCUT2D eigenvalue weighted by Crippen LogP contribution is -1.97. The molecule has 0 aliphatic rings. The lowest BCUT2D eigenvalue weighted by molar-refractivity contribution is 0.867. The zero-order valence-electron chi connectivity index (χ0n) is 10.5. The van der Waals surface area contributed by atoms with Crippen LogP contribution in [0, 0.1) is 6.92 Å². The number of nitrogens with zero attached hydrogens (tertiary/aromatic N) is 1. The monoisotopic (exact) mass is 246 g/mol. The van der Waals surface area contributed by atoms with Gasteiger partial charge in [-0.2, -0.15) is 0 Å². The highest BCUT2D eigenvalue weighted by Gasteiger charge is 2.08. The molecule has 0 saturated carbocycles. The van der Waals surface area contributed by atoms with Crippen LogP contribution in [-0.2, 0) is 6.54 Å². The third kappa shape index (κ3) is 2.56. The van der Waals surface area contributed by atoms with Gasteiger partial charge in [-0.05, 0) is 18.4 Å². The van der Waals surface area contributed by atoms with Crippen LogP contribution in [0.5, 0.6) is 0 Å². The Morgan fingerprint density at radius 1 is 1.24 bits per heavy atom. The zero-order valence-corrected chi connectivity index (χ0v) is 11.3. The summed E-state index contributed by atoms with van der Waals surface area (Å²) in [6.45, 7) is 7.00. The van der Waals surface area contributed by atoms with Crippen molar-refractivity contribution in [3.05, 3.63) is 40.4 Å². The number of hydrogen-bond donors (Lipinski definition) is 1. The molecule has 3 heteroatoms. The molecule has 0 fully saturated rings. The average molecular weight is 246 g/mol. The predicted octanol–water partition coefficient (Wildman–Crippen LogP) is 3.70. The third-order valence-corrected chi connectivity index (χ3v) is 3.97. The molecule has 0 radical (unpaired) electrons. The Morgan fingerprint density at radius 3 is 2.35 bits per heavy atom. The summed E-state index contributed by atoms with van der Waals surface area (Å²) in [6, 6.07) is 8.65. The van der Waals surface area contributed by atoms with Gasteiger partial charge in [-0.25, -0.2) is 4.98 Å². The van der Waals surface area contributed by atoms with Crippen molar-refractivity contribution in [1.29, 1.82) is 0 Å². The van der Waals surface area contributed by atoms with Crippen LogP contribution in [-0.4, -0.2) is 4.98 Å². The van der Waals surface area contributed by atoms with E-state index in [1.165, 1.54) is 16.0 Å². The highest BCUT2D eigenvalue weighted by molar-refractivity contribution is 7.15. The Bertz CT molecular complexity index is 497. The van der Waals surface area contributed by atoms with Gasteiger partial charge in [0.15, 0.2) is 0 Å². The Hall–Kier alpha value is -1.19. The van der Waals surface area contributed by atoms with Gasteiger partial charge in [0.05, 0.1) is 5.69 Å². The van der Waals surface area contributed by atoms with Crippen molar-refractivity contribution >= 4 is 11.3 Å². The maximum atomic E-state index is 5.65. The van der Waals surface area contributed by atoms with Crippen molar-refractivity contribution in [3.8, 4) is 10.6 Å². The van der Waals surface area contributed by atoms with E-state index < -0.39 is 0 Å². The second kappa shape index (κ2) is 4.98. The van der Waals surface area contributed by atoms with E-state index in [9.17, 15) is 0 Å². The van der Waals surface area contributed by atoms with E-state index in [1.807, 2.05) is 0 Å². The van der Waals surface area contributed by atoms with E-state index in [0.717, 1.165) is 10.7 Å². The second-order valence-corrected chi connectivity index (χ2v) is 5.71. The molecule has 17 heavy (non-hydrogen) atoms. The molecule has 90 valence electrons. The molecule has 1 aromatic heterocycles. The number of benzene rings is 1. The summed E-state index contributed by atoms with van der Waals surface area (Å²) in [4.78, 5) is 5.78. The molecular formula is C14H18N2S. The second-order valence-electron chi connectivity index (χ2n) is 4.50. The summed E-state index contributed by atoms with van der Waals surface area (Å²) in [5, 5.41) is 1.07. The molecule has 0 bridgehead atoms. The van der Waals surface area contributed by atoms with Gasteiger partial charge in [0.1, 0.15) is 5.01 Å². The summed E-state index contributed by atoms with van der Waals surface area (Å²) in [5.74, 6) is 0.571. The van der Waals surface area contributed by atoms with Crippen molar-refractivity contribution < 1.29 is 0 Å². The number of nitrogens with two attached hydrogens (primary N) is 1. The maximum absolute atomic E-state index is 5.65. The fourth-order valence-corrected chi connectivity index (χ4v) is 2.70. The fourth-order valence-electron chi connectivity index (χ4n) is 1.75. The minimum atomic E-state index is 0.520. The normalized spacial score (nSPS) is 11.1. The number of rotatable bonds is 3. The highest BCUT2D eigenvalue weighted by Crippen LogP contribution is 2.28. The van der Waals surface area contributed by atoms with Crippen molar-refractivity contribution in [2.45, 2.75) is 33.2 Å². The van der Waals surface area contributed by atoms with Crippen LogP contribution in [0.25, 0.3) is 10.6 Å². The van der Waals surface area contributed by atoms with Gasteiger partial charge in [-0.15, -0.1) is 11.3 Å². The van der Waals surface area contributed by atoms with E-state index in [4.69, 9.17) is 5.73 Å². The van der Waals surface area contributed by atoms with Gasteiger partial charge >= 0.3 is 0 Å². The van der Waals surface area contributed by atoms with Crippen LogP contribution in [0.2, 0.25) is 0 Å². The van der Waals surface area contributed by atoms with E-state index in [-0.39, 0.29) is 0 Å². The lowest BCUT2D eigenvalue weighted by Gasteiger charge is -2.05. The smallest absolute Gasteiger partial charge is 0.123 e. The number of thiazole rings is 1. The minimum Gasteiger partial charge on any atom is -0.325 e. The topological polar surface area (TPSA) is 38.9 Å². The molecule has 0 spiro atoms. The lowest BCUT2D eigenvalue weighted by atomic mass is 10.0. The molecule has 0 amide bonds. The van der Waals surface area contributed by atoms with E-state index >= 15 is 0 Å². The molecule has 0 atom stereocenters. The van der Waals surface area contributed by atoms with Gasteiger partial charge in [0.2, 0.25) is 0 Å². The van der Waals surface area contributed by atoms with Crippen LogP contribution < -0.4 is 5.73 Å². The SMILES string of the molecule is Cc1sc(-c2ccc(C(C)C)cc2)nc1CN. The first-order valence-electron chi connectivity index (χ1n) is 5.88. The number of hydrogen-bond acceptors (Lipinski definition) is 3. The fraction of sp³-hybridized carbons (Fsp3) is 0.357. The molecule has 0 saturated heterocycles. The van der Waals surface area contributed by atoms with Crippen LogP contribution in [0.3, 0.4) is 0 Å². The van der Waals surface area contributed by atoms with Gasteiger partial charge in [0, 0.05) is 17.0 Å². The predicted molar refractivity (Wildman–Crippen MR) is 74.3 cm³/mol. The Balaban J connectivity index is 2.33. The first kappa shape index (κ1) is 12.3. The van der Waals surface area contributed by atoms with Gasteiger partial charge < -0.3 is 5.73 Å². The van der Waals surface area contributed by atoms with E-state index in [2.05, 4.69) is 50.0 Å². The zero-order chi connectivity index (χ0) is 12.4. The molecule has 2 rings (SSSR count). The molecule has 1 aromatic carbocycles. The van der Waals surface area contributed by atoms with E-state index in [0.29, 0.717) is 12.5 Å². The number of aromatic nitrogens is 1. The maximum Gasteiger partial charge on any atom is 0.123 e. The van der Waals surface area contributed by atoms with E-state index in [1.54, 1.807) is 11.3 Å². The largest absolute Gasteiger partial charge is 0.325 e. The Kier molecular flexibility index (Phi) is 3.60. The van der Waals surface area contributed by atoms with Crippen molar-refractivity contribution in [3.63, 3.8) is 0 Å². The quantitative estimate of drug-likeness (QED) is 0.896. The summed E-state index contributed by atoms with van der Waals surface area (Å²) < 4.78 is 0. The molecule has 2 nitrogen and oxygen atoms in total. The van der Waals surface area contributed by atoms with Crippen molar-refractivity contribution in [2.24, 2.45) is 5.73 Å². The van der Waals surface area contributed by atoms with Crippen molar-refractivity contribution in [1.82, 2.24) is 4.98 Å². The standard InChI is InChI=1S/C14H18N2S/c1-9(2)11-4-6-12(7-5-11)14-16-13(8-15)10(3)17-14/h4-7,9H,8,15H2,1-3H3. The van der Waals surface area contributed by atoms with Gasteiger partial charge in [-0.1, -0.05) is 38.1 Å². The number of aryl methyl sites for hydroxylation is 1. The highest BCUT2D eigenvalue weighted by atomic mass is 32.1. The van der Waals surface area contributed by atoms with Gasteiger partial charge in [0.25, 0.3) is 0 Å². The molecule has 0 unspecified atom stereocenters. The molecule has 2 aromatic rings. The first-order chi connectivity index (χ1) is 8.11. The minimum absolute atomic E-state index is 0.520. The summed E-state index contributed by atoms with van der Waals surface area (Å²) in [7, 11) is 0. The molecular weight excluding hydrogens is 228 g/mol. The van der Waals surface area contributed by atoms with Crippen LogP contribution in [0.15, 0.2) is 24.3 Å². The first-order valence-corrected chi connectivity index (χ1v) is 6.70. The van der Waals surface area contributed by atoms with Crippen LogP contribution >= 0.6 is 11.3 Å². The van der Waals surface area contributed by atoms with Crippen LogP contribution in [0.1, 0.15) is 35.9 Å². The summed E-state index contributed by atoms with van der Waals surface area (Å²) >= 11 is 1.72.